The Labute approximate surface area is 146 Å². The molecule has 6 nitrogen and oxygen atoms in total. The van der Waals surface area contributed by atoms with E-state index in [1.807, 2.05) is 24.9 Å². The lowest BCUT2D eigenvalue weighted by Gasteiger charge is -2.27. The molecule has 0 spiro atoms. The number of thiazole rings is 1. The van der Waals surface area contributed by atoms with Crippen LogP contribution in [0.1, 0.15) is 41.8 Å². The Morgan fingerprint density at radius 1 is 1.46 bits per heavy atom. The zero-order valence-electron chi connectivity index (χ0n) is 14.5. The van der Waals surface area contributed by atoms with Crippen molar-refractivity contribution in [1.82, 2.24) is 19.8 Å². The Bertz CT molecular complexity index is 696. The van der Waals surface area contributed by atoms with Gasteiger partial charge in [0, 0.05) is 50.1 Å². The summed E-state index contributed by atoms with van der Waals surface area (Å²) >= 11 is 1.74. The van der Waals surface area contributed by atoms with Crippen LogP contribution in [0.25, 0.3) is 0 Å². The summed E-state index contributed by atoms with van der Waals surface area (Å²) in [6.45, 7) is 8.93. The molecule has 1 atom stereocenters. The third-order valence-corrected chi connectivity index (χ3v) is 5.29. The molecule has 1 amide bonds. The van der Waals surface area contributed by atoms with E-state index < -0.39 is 0 Å². The molecule has 2 aromatic heterocycles. The van der Waals surface area contributed by atoms with Crippen molar-refractivity contribution < 1.29 is 9.21 Å². The highest BCUT2D eigenvalue weighted by Gasteiger charge is 2.30. The fraction of sp³-hybridized carbons (Fsp3) is 0.588. The van der Waals surface area contributed by atoms with E-state index in [1.165, 1.54) is 4.88 Å². The van der Waals surface area contributed by atoms with Gasteiger partial charge < -0.3 is 9.32 Å². The molecule has 1 fully saturated rings. The Morgan fingerprint density at radius 2 is 2.29 bits per heavy atom. The predicted molar refractivity (Wildman–Crippen MR) is 92.6 cm³/mol. The van der Waals surface area contributed by atoms with Gasteiger partial charge in [0.25, 0.3) is 0 Å². The Kier molecular flexibility index (Phi) is 5.30. The molecule has 0 aliphatic carbocycles. The molecular weight excluding hydrogens is 324 g/mol. The number of hydrogen-bond acceptors (Lipinski definition) is 6. The van der Waals surface area contributed by atoms with Gasteiger partial charge in [0.15, 0.2) is 0 Å². The zero-order valence-corrected chi connectivity index (χ0v) is 15.3. The molecule has 0 aromatic carbocycles. The highest BCUT2D eigenvalue weighted by atomic mass is 32.1. The predicted octanol–water partition coefficient (Wildman–Crippen LogP) is 2.62. The lowest BCUT2D eigenvalue weighted by Crippen LogP contribution is -2.40. The summed E-state index contributed by atoms with van der Waals surface area (Å²) in [4.78, 5) is 26.3. The Balaban J connectivity index is 1.61. The van der Waals surface area contributed by atoms with E-state index >= 15 is 0 Å². The van der Waals surface area contributed by atoms with Gasteiger partial charge >= 0.3 is 0 Å². The number of nitrogens with zero attached hydrogens (tertiary/aromatic N) is 4. The number of oxazole rings is 1. The summed E-state index contributed by atoms with van der Waals surface area (Å²) < 4.78 is 5.67. The molecule has 3 rings (SSSR count). The first-order chi connectivity index (χ1) is 11.5. The number of rotatable bonds is 6. The van der Waals surface area contributed by atoms with Crippen LogP contribution in [-0.4, -0.2) is 44.8 Å². The molecule has 130 valence electrons. The van der Waals surface area contributed by atoms with Gasteiger partial charge in [0.2, 0.25) is 11.8 Å². The molecule has 1 aliphatic rings. The maximum Gasteiger partial charge on any atom is 0.220 e. The van der Waals surface area contributed by atoms with Crippen molar-refractivity contribution in [1.29, 1.82) is 0 Å². The van der Waals surface area contributed by atoms with Gasteiger partial charge in [0.1, 0.15) is 5.76 Å². The van der Waals surface area contributed by atoms with Gasteiger partial charge in [-0.2, -0.15) is 0 Å². The fourth-order valence-electron chi connectivity index (χ4n) is 3.14. The topological polar surface area (TPSA) is 62.5 Å². The van der Waals surface area contributed by atoms with Gasteiger partial charge in [-0.1, -0.05) is 6.92 Å². The van der Waals surface area contributed by atoms with Crippen molar-refractivity contribution in [3.8, 4) is 0 Å². The molecule has 3 heterocycles. The van der Waals surface area contributed by atoms with Crippen LogP contribution in [0.4, 0.5) is 0 Å². The standard InChI is InChI=1S/C17H24N4O2S/c1-4-15-7-19-17(23-15)11-21(13(3)22)14-5-6-20(9-14)10-16-8-18-12(2)24-16/h7-8,14H,4-6,9-11H2,1-3H3/t14-/m0/s1. The largest absolute Gasteiger partial charge is 0.444 e. The zero-order chi connectivity index (χ0) is 17.1. The van der Waals surface area contributed by atoms with E-state index in [0.29, 0.717) is 12.4 Å². The van der Waals surface area contributed by atoms with Gasteiger partial charge in [-0.15, -0.1) is 11.3 Å². The first-order valence-electron chi connectivity index (χ1n) is 8.39. The molecule has 0 saturated carbocycles. The molecular formula is C17H24N4O2S. The van der Waals surface area contributed by atoms with Gasteiger partial charge in [0.05, 0.1) is 17.7 Å². The van der Waals surface area contributed by atoms with Crippen LogP contribution in [0, 0.1) is 6.92 Å². The fourth-order valence-corrected chi connectivity index (χ4v) is 3.97. The summed E-state index contributed by atoms with van der Waals surface area (Å²) in [6.07, 6.45) is 5.51. The second-order valence-electron chi connectivity index (χ2n) is 6.24. The minimum Gasteiger partial charge on any atom is -0.444 e. The van der Waals surface area contributed by atoms with Crippen LogP contribution >= 0.6 is 11.3 Å². The van der Waals surface area contributed by atoms with Crippen LogP contribution < -0.4 is 0 Å². The van der Waals surface area contributed by atoms with Crippen molar-refractivity contribution in [2.24, 2.45) is 0 Å². The molecule has 0 bridgehead atoms. The van der Waals surface area contributed by atoms with E-state index in [-0.39, 0.29) is 11.9 Å². The van der Waals surface area contributed by atoms with Crippen LogP contribution in [0.3, 0.4) is 0 Å². The SMILES string of the molecule is CCc1cnc(CN(C(C)=O)[C@H]2CCN(Cc3cnc(C)s3)C2)o1. The second-order valence-corrected chi connectivity index (χ2v) is 7.56. The van der Waals surface area contributed by atoms with Crippen molar-refractivity contribution in [3.05, 3.63) is 33.9 Å². The number of hydrogen-bond donors (Lipinski definition) is 0. The van der Waals surface area contributed by atoms with Crippen molar-refractivity contribution in [3.63, 3.8) is 0 Å². The first-order valence-corrected chi connectivity index (χ1v) is 9.21. The average Bonchev–Trinajstić information content (AvgIpc) is 3.26. The van der Waals surface area contributed by atoms with E-state index in [9.17, 15) is 4.79 Å². The molecule has 2 aromatic rings. The van der Waals surface area contributed by atoms with Gasteiger partial charge in [-0.25, -0.2) is 9.97 Å². The van der Waals surface area contributed by atoms with E-state index in [2.05, 4.69) is 14.9 Å². The van der Waals surface area contributed by atoms with Crippen molar-refractivity contribution in [2.45, 2.75) is 52.7 Å². The maximum atomic E-state index is 12.1. The smallest absolute Gasteiger partial charge is 0.220 e. The first kappa shape index (κ1) is 17.1. The molecule has 0 unspecified atom stereocenters. The quantitative estimate of drug-likeness (QED) is 0.803. The number of carbonyl (C=O) groups excluding carboxylic acids is 1. The third kappa shape index (κ3) is 4.02. The number of aryl methyl sites for hydroxylation is 2. The van der Waals surface area contributed by atoms with Crippen LogP contribution in [0.15, 0.2) is 16.8 Å². The lowest BCUT2D eigenvalue weighted by molar-refractivity contribution is -0.132. The van der Waals surface area contributed by atoms with Crippen molar-refractivity contribution in [2.75, 3.05) is 13.1 Å². The normalized spacial score (nSPS) is 18.2. The van der Waals surface area contributed by atoms with Crippen molar-refractivity contribution >= 4 is 17.2 Å². The van der Waals surface area contributed by atoms with Gasteiger partial charge in [-0.05, 0) is 13.3 Å². The lowest BCUT2D eigenvalue weighted by atomic mass is 10.2. The third-order valence-electron chi connectivity index (χ3n) is 4.40. The number of likely N-dealkylation sites (tertiary alicyclic amines) is 1. The number of carbonyl (C=O) groups is 1. The van der Waals surface area contributed by atoms with Crippen LogP contribution in [0.5, 0.6) is 0 Å². The minimum absolute atomic E-state index is 0.0757. The Hall–Kier alpha value is -1.73. The monoisotopic (exact) mass is 348 g/mol. The summed E-state index contributed by atoms with van der Waals surface area (Å²) in [5, 5.41) is 1.10. The maximum absolute atomic E-state index is 12.1. The minimum atomic E-state index is 0.0757. The average molecular weight is 348 g/mol. The molecule has 0 radical (unpaired) electrons. The number of amides is 1. The summed E-state index contributed by atoms with van der Waals surface area (Å²) in [7, 11) is 0. The Morgan fingerprint density at radius 3 is 2.92 bits per heavy atom. The second kappa shape index (κ2) is 7.44. The molecule has 1 aliphatic heterocycles. The highest BCUT2D eigenvalue weighted by molar-refractivity contribution is 7.11. The molecule has 24 heavy (non-hydrogen) atoms. The molecule has 7 heteroatoms. The highest BCUT2D eigenvalue weighted by Crippen LogP contribution is 2.22. The van der Waals surface area contributed by atoms with Crippen LogP contribution in [-0.2, 0) is 24.3 Å². The van der Waals surface area contributed by atoms with E-state index in [1.54, 1.807) is 24.5 Å². The summed E-state index contributed by atoms with van der Waals surface area (Å²) in [5.41, 5.74) is 0. The number of aromatic nitrogens is 2. The van der Waals surface area contributed by atoms with E-state index in [0.717, 1.165) is 43.2 Å². The summed E-state index contributed by atoms with van der Waals surface area (Å²) in [6, 6.07) is 0.216. The van der Waals surface area contributed by atoms with Crippen LogP contribution in [0.2, 0.25) is 0 Å². The molecule has 0 N–H and O–H groups in total. The van der Waals surface area contributed by atoms with E-state index in [4.69, 9.17) is 4.42 Å². The molecule has 1 saturated heterocycles. The summed E-state index contributed by atoms with van der Waals surface area (Å²) in [5.74, 6) is 1.56. The van der Waals surface area contributed by atoms with Gasteiger partial charge in [-0.3, -0.25) is 9.69 Å².